The molecule has 1 heterocycles. The van der Waals surface area contributed by atoms with Crippen molar-refractivity contribution in [3.05, 3.63) is 29.6 Å². The van der Waals surface area contributed by atoms with Crippen LogP contribution in [0.1, 0.15) is 29.6 Å². The lowest BCUT2D eigenvalue weighted by atomic mass is 9.77. The van der Waals surface area contributed by atoms with Crippen molar-refractivity contribution in [2.75, 3.05) is 33.9 Å². The summed E-state index contributed by atoms with van der Waals surface area (Å²) >= 11 is 0. The number of carbonyl (C=O) groups is 2. The number of piperidine rings is 1. The lowest BCUT2D eigenvalue weighted by molar-refractivity contribution is -0.153. The molecule has 1 atom stereocenters. The molecule has 0 unspecified atom stereocenters. The van der Waals surface area contributed by atoms with Crippen LogP contribution in [0.3, 0.4) is 0 Å². The number of ether oxygens (including phenoxy) is 2. The van der Waals surface area contributed by atoms with Gasteiger partial charge in [-0.1, -0.05) is 0 Å². The molecule has 0 spiro atoms. The Morgan fingerprint density at radius 2 is 2.12 bits per heavy atom. The molecule has 7 heteroatoms. The lowest BCUT2D eigenvalue weighted by Gasteiger charge is -2.40. The van der Waals surface area contributed by atoms with Crippen molar-refractivity contribution in [1.82, 2.24) is 4.90 Å². The van der Waals surface area contributed by atoms with E-state index in [0.717, 1.165) is 6.07 Å². The van der Waals surface area contributed by atoms with Gasteiger partial charge in [-0.05, 0) is 37.5 Å². The molecule has 1 aliphatic rings. The summed E-state index contributed by atoms with van der Waals surface area (Å²) in [4.78, 5) is 26.0. The molecule has 1 aliphatic heterocycles. The van der Waals surface area contributed by atoms with Crippen molar-refractivity contribution in [2.24, 2.45) is 5.41 Å². The Hall–Kier alpha value is -2.15. The molecular formula is C17H22FNO5. The van der Waals surface area contributed by atoms with Crippen LogP contribution in [0.4, 0.5) is 4.39 Å². The fraction of sp³-hybridized carbons (Fsp3) is 0.529. The van der Waals surface area contributed by atoms with Gasteiger partial charge in [0.15, 0.2) is 0 Å². The Labute approximate surface area is 140 Å². The highest BCUT2D eigenvalue weighted by Crippen LogP contribution is 2.35. The van der Waals surface area contributed by atoms with Gasteiger partial charge in [0, 0.05) is 26.8 Å². The molecule has 0 aliphatic carbocycles. The normalized spacial score (nSPS) is 20.7. The zero-order valence-corrected chi connectivity index (χ0v) is 13.9. The number of carbonyl (C=O) groups excluding carboxylic acids is 1. The molecular weight excluding hydrogens is 317 g/mol. The molecule has 1 saturated heterocycles. The fourth-order valence-corrected chi connectivity index (χ4v) is 3.11. The molecule has 1 amide bonds. The van der Waals surface area contributed by atoms with Crippen molar-refractivity contribution in [3.8, 4) is 5.75 Å². The molecule has 1 aromatic rings. The topological polar surface area (TPSA) is 76.1 Å². The van der Waals surface area contributed by atoms with Crippen LogP contribution in [0.5, 0.6) is 5.75 Å². The van der Waals surface area contributed by atoms with E-state index >= 15 is 0 Å². The maximum Gasteiger partial charge on any atom is 0.311 e. The first-order valence-electron chi connectivity index (χ1n) is 7.78. The molecule has 0 bridgehead atoms. The monoisotopic (exact) mass is 339 g/mol. The number of hydrogen-bond acceptors (Lipinski definition) is 4. The first-order chi connectivity index (χ1) is 11.4. The van der Waals surface area contributed by atoms with Crippen molar-refractivity contribution >= 4 is 11.9 Å². The Morgan fingerprint density at radius 3 is 2.75 bits per heavy atom. The second kappa shape index (κ2) is 7.61. The van der Waals surface area contributed by atoms with E-state index in [2.05, 4.69) is 0 Å². The third-order valence-corrected chi connectivity index (χ3v) is 4.49. The zero-order chi connectivity index (χ0) is 17.7. The summed E-state index contributed by atoms with van der Waals surface area (Å²) in [6.07, 6.45) is 1.37. The highest BCUT2D eigenvalue weighted by molar-refractivity contribution is 5.97. The van der Waals surface area contributed by atoms with Crippen LogP contribution in [-0.4, -0.2) is 55.8 Å². The van der Waals surface area contributed by atoms with E-state index in [9.17, 15) is 19.1 Å². The quantitative estimate of drug-likeness (QED) is 0.860. The molecule has 132 valence electrons. The van der Waals surface area contributed by atoms with Crippen molar-refractivity contribution in [2.45, 2.75) is 19.3 Å². The first kappa shape index (κ1) is 18.2. The second-order valence-electron chi connectivity index (χ2n) is 6.00. The van der Waals surface area contributed by atoms with Crippen molar-refractivity contribution < 1.29 is 28.6 Å². The van der Waals surface area contributed by atoms with E-state index in [4.69, 9.17) is 9.47 Å². The fourth-order valence-electron chi connectivity index (χ4n) is 3.11. The summed E-state index contributed by atoms with van der Waals surface area (Å²) in [5, 5.41) is 9.65. The summed E-state index contributed by atoms with van der Waals surface area (Å²) in [5.74, 6) is -1.64. The van der Waals surface area contributed by atoms with Gasteiger partial charge >= 0.3 is 5.97 Å². The minimum Gasteiger partial charge on any atom is -0.496 e. The average Bonchev–Trinajstić information content (AvgIpc) is 2.59. The second-order valence-corrected chi connectivity index (χ2v) is 6.00. The van der Waals surface area contributed by atoms with Gasteiger partial charge in [-0.15, -0.1) is 0 Å². The van der Waals surface area contributed by atoms with Gasteiger partial charge in [-0.2, -0.15) is 0 Å². The van der Waals surface area contributed by atoms with E-state index in [1.54, 1.807) is 0 Å². The lowest BCUT2D eigenvalue weighted by Crippen LogP contribution is -2.50. The average molecular weight is 339 g/mol. The van der Waals surface area contributed by atoms with Gasteiger partial charge in [0.2, 0.25) is 0 Å². The smallest absolute Gasteiger partial charge is 0.311 e. The largest absolute Gasteiger partial charge is 0.496 e. The molecule has 0 aromatic heterocycles. The summed E-state index contributed by atoms with van der Waals surface area (Å²) < 4.78 is 23.7. The number of benzene rings is 1. The summed E-state index contributed by atoms with van der Waals surface area (Å²) in [6.45, 7) is 0.808. The Kier molecular flexibility index (Phi) is 5.77. The van der Waals surface area contributed by atoms with E-state index in [0.29, 0.717) is 32.4 Å². The number of methoxy groups -OCH3 is 2. The van der Waals surface area contributed by atoms with E-state index in [1.165, 1.54) is 31.3 Å². The maximum atomic E-state index is 13.5. The number of aliphatic carboxylic acids is 1. The number of amides is 1. The van der Waals surface area contributed by atoms with Gasteiger partial charge in [0.05, 0.1) is 18.1 Å². The number of nitrogens with zero attached hydrogens (tertiary/aromatic N) is 1. The molecule has 24 heavy (non-hydrogen) atoms. The number of carboxylic acid groups (broad SMARTS) is 1. The van der Waals surface area contributed by atoms with Crippen molar-refractivity contribution in [1.29, 1.82) is 0 Å². The number of carboxylic acids is 1. The third kappa shape index (κ3) is 3.67. The number of rotatable bonds is 6. The zero-order valence-electron chi connectivity index (χ0n) is 13.9. The van der Waals surface area contributed by atoms with Crippen molar-refractivity contribution in [3.63, 3.8) is 0 Å². The van der Waals surface area contributed by atoms with Crippen LogP contribution in [0.15, 0.2) is 18.2 Å². The maximum absolute atomic E-state index is 13.5. The first-order valence-corrected chi connectivity index (χ1v) is 7.78. The van der Waals surface area contributed by atoms with Crippen LogP contribution in [-0.2, 0) is 9.53 Å². The van der Waals surface area contributed by atoms with E-state index in [-0.39, 0.29) is 17.9 Å². The number of likely N-dealkylation sites (tertiary alicyclic amines) is 1. The Balaban J connectivity index is 2.26. The molecule has 1 N–H and O–H groups in total. The third-order valence-electron chi connectivity index (χ3n) is 4.49. The molecule has 0 radical (unpaired) electrons. The number of halogens is 1. The van der Waals surface area contributed by atoms with E-state index in [1.807, 2.05) is 0 Å². The Bertz CT molecular complexity index is 621. The van der Waals surface area contributed by atoms with Gasteiger partial charge in [-0.3, -0.25) is 9.59 Å². The minimum atomic E-state index is -1.04. The molecule has 0 saturated carbocycles. The van der Waals surface area contributed by atoms with Gasteiger partial charge in [-0.25, -0.2) is 4.39 Å². The minimum absolute atomic E-state index is 0.0736. The van der Waals surface area contributed by atoms with Crippen LogP contribution in [0, 0.1) is 11.2 Å². The summed E-state index contributed by atoms with van der Waals surface area (Å²) in [6, 6.07) is 3.72. The standard InChI is InChI=1S/C17H22FNO5/c1-23-9-7-17(16(21)22)6-3-8-19(11-17)15(20)13-10-12(18)4-5-14(13)24-2/h4-5,10H,3,6-9,11H2,1-2H3,(H,21,22)/t17-/m1/s1. The van der Waals surface area contributed by atoms with Crippen LogP contribution >= 0.6 is 0 Å². The van der Waals surface area contributed by atoms with Crippen LogP contribution in [0.25, 0.3) is 0 Å². The summed E-state index contributed by atoms with van der Waals surface area (Å²) in [7, 11) is 2.92. The number of hydrogen-bond donors (Lipinski definition) is 1. The van der Waals surface area contributed by atoms with Crippen LogP contribution in [0.2, 0.25) is 0 Å². The van der Waals surface area contributed by atoms with Gasteiger partial charge in [0.25, 0.3) is 5.91 Å². The van der Waals surface area contributed by atoms with Gasteiger partial charge in [0.1, 0.15) is 11.6 Å². The molecule has 6 nitrogen and oxygen atoms in total. The van der Waals surface area contributed by atoms with Crippen LogP contribution < -0.4 is 4.74 Å². The SMILES string of the molecule is COCC[C@]1(C(=O)O)CCCN(C(=O)c2cc(F)ccc2OC)C1. The highest BCUT2D eigenvalue weighted by atomic mass is 19.1. The predicted octanol–water partition coefficient (Wildman–Crippen LogP) is 2.18. The summed E-state index contributed by atoms with van der Waals surface area (Å²) in [5.41, 5.74) is -0.935. The highest BCUT2D eigenvalue weighted by Gasteiger charge is 2.43. The molecule has 1 aromatic carbocycles. The Morgan fingerprint density at radius 1 is 1.38 bits per heavy atom. The van der Waals surface area contributed by atoms with E-state index < -0.39 is 23.1 Å². The molecule has 1 fully saturated rings. The van der Waals surface area contributed by atoms with Gasteiger partial charge < -0.3 is 19.5 Å². The molecule has 2 rings (SSSR count). The predicted molar refractivity (Wildman–Crippen MR) is 84.7 cm³/mol.